The smallest absolute Gasteiger partial charge is 0.404 e. The summed E-state index contributed by atoms with van der Waals surface area (Å²) in [6, 6.07) is 2.52. The van der Waals surface area contributed by atoms with Crippen LogP contribution in [0.5, 0.6) is 5.75 Å². The summed E-state index contributed by atoms with van der Waals surface area (Å²) in [4.78, 5) is 3.59. The Morgan fingerprint density at radius 1 is 1.50 bits per heavy atom. The summed E-state index contributed by atoms with van der Waals surface area (Å²) in [5.41, 5.74) is -0.287. The molecule has 3 nitrogen and oxygen atoms in total. The number of nitriles is 1. The number of hydrogen-bond donors (Lipinski definition) is 0. The minimum Gasteiger partial charge on any atom is -0.404 e. The molecule has 1 aromatic rings. The zero-order valence-corrected chi connectivity index (χ0v) is 8.06. The fraction of sp³-hybridized carbons (Fsp3) is 0.143. The summed E-state index contributed by atoms with van der Waals surface area (Å²) in [7, 11) is 0. The minimum absolute atomic E-state index is 0.0155. The second kappa shape index (κ2) is 3.84. The molecule has 0 saturated heterocycles. The first-order chi connectivity index (χ1) is 6.44. The van der Waals surface area contributed by atoms with Gasteiger partial charge in [-0.15, -0.1) is 13.2 Å². The lowest BCUT2D eigenvalue weighted by Crippen LogP contribution is -2.18. The van der Waals surface area contributed by atoms with Crippen LogP contribution in [0.15, 0.2) is 16.9 Å². The highest BCUT2D eigenvalue weighted by molar-refractivity contribution is 9.10. The van der Waals surface area contributed by atoms with Crippen molar-refractivity contribution in [1.29, 1.82) is 5.26 Å². The average molecular weight is 267 g/mol. The summed E-state index contributed by atoms with van der Waals surface area (Å²) in [5.74, 6) is -0.568. The molecule has 0 amide bonds. The second-order valence-electron chi connectivity index (χ2n) is 2.13. The first kappa shape index (κ1) is 10.8. The van der Waals surface area contributed by atoms with Gasteiger partial charge in [0, 0.05) is 12.3 Å². The van der Waals surface area contributed by atoms with Gasteiger partial charge in [-0.1, -0.05) is 0 Å². The molecule has 0 spiro atoms. The summed E-state index contributed by atoms with van der Waals surface area (Å²) in [6.07, 6.45) is -3.71. The topological polar surface area (TPSA) is 45.9 Å². The normalized spacial score (nSPS) is 10.8. The zero-order chi connectivity index (χ0) is 10.8. The largest absolute Gasteiger partial charge is 0.573 e. The van der Waals surface area contributed by atoms with Crippen LogP contribution in [0, 0.1) is 11.3 Å². The Bertz CT molecular complexity index is 386. The van der Waals surface area contributed by atoms with Crippen molar-refractivity contribution in [2.45, 2.75) is 6.36 Å². The van der Waals surface area contributed by atoms with E-state index in [9.17, 15) is 13.2 Å². The van der Waals surface area contributed by atoms with Crippen molar-refractivity contribution in [3.05, 3.63) is 22.4 Å². The Morgan fingerprint density at radius 3 is 2.64 bits per heavy atom. The number of pyridine rings is 1. The van der Waals surface area contributed by atoms with Crippen molar-refractivity contribution in [1.82, 2.24) is 4.98 Å². The quantitative estimate of drug-likeness (QED) is 0.734. The van der Waals surface area contributed by atoms with Gasteiger partial charge in [-0.25, -0.2) is 4.98 Å². The molecular weight excluding hydrogens is 265 g/mol. The Hall–Kier alpha value is -1.29. The van der Waals surface area contributed by atoms with E-state index in [-0.39, 0.29) is 10.2 Å². The van der Waals surface area contributed by atoms with Crippen molar-refractivity contribution in [2.75, 3.05) is 0 Å². The highest BCUT2D eigenvalue weighted by Gasteiger charge is 2.32. The van der Waals surface area contributed by atoms with E-state index in [1.165, 1.54) is 0 Å². The van der Waals surface area contributed by atoms with Gasteiger partial charge in [-0.2, -0.15) is 5.26 Å². The van der Waals surface area contributed by atoms with Gasteiger partial charge < -0.3 is 4.74 Å². The van der Waals surface area contributed by atoms with Crippen molar-refractivity contribution in [2.24, 2.45) is 0 Å². The fourth-order valence-electron chi connectivity index (χ4n) is 0.731. The molecule has 0 N–H and O–H groups in total. The first-order valence-corrected chi connectivity index (χ1v) is 4.03. The van der Waals surface area contributed by atoms with Gasteiger partial charge in [0.05, 0.1) is 0 Å². The Labute approximate surface area is 85.3 Å². The minimum atomic E-state index is -4.81. The number of hydrogen-bond acceptors (Lipinski definition) is 3. The highest BCUT2D eigenvalue weighted by atomic mass is 79.9. The molecule has 0 aliphatic heterocycles. The lowest BCUT2D eigenvalue weighted by Gasteiger charge is -2.09. The molecule has 0 aromatic carbocycles. The molecule has 0 fully saturated rings. The second-order valence-corrected chi connectivity index (χ2v) is 2.89. The van der Waals surface area contributed by atoms with E-state index in [0.29, 0.717) is 0 Å². The maximum Gasteiger partial charge on any atom is 0.573 e. The molecule has 1 rings (SSSR count). The Kier molecular flexibility index (Phi) is 2.96. The van der Waals surface area contributed by atoms with E-state index in [0.717, 1.165) is 12.3 Å². The molecule has 0 bridgehead atoms. The average Bonchev–Trinajstić information content (AvgIpc) is 2.01. The van der Waals surface area contributed by atoms with E-state index < -0.39 is 12.1 Å². The Balaban J connectivity index is 3.10. The number of rotatable bonds is 1. The number of ether oxygens (including phenoxy) is 1. The van der Waals surface area contributed by atoms with Crippen molar-refractivity contribution < 1.29 is 17.9 Å². The van der Waals surface area contributed by atoms with Gasteiger partial charge in [-0.05, 0) is 15.9 Å². The fourth-order valence-corrected chi connectivity index (χ4v) is 1.13. The molecule has 0 atom stereocenters. The van der Waals surface area contributed by atoms with Crippen LogP contribution in [0.2, 0.25) is 0 Å². The lowest BCUT2D eigenvalue weighted by atomic mass is 10.3. The van der Waals surface area contributed by atoms with Crippen LogP contribution in [-0.2, 0) is 0 Å². The van der Waals surface area contributed by atoms with Crippen LogP contribution in [0.3, 0.4) is 0 Å². The molecule has 0 aliphatic carbocycles. The highest BCUT2D eigenvalue weighted by Crippen LogP contribution is 2.28. The lowest BCUT2D eigenvalue weighted by molar-refractivity contribution is -0.274. The van der Waals surface area contributed by atoms with E-state index in [2.05, 4.69) is 25.7 Å². The number of aromatic nitrogens is 1. The van der Waals surface area contributed by atoms with Gasteiger partial charge in [0.2, 0.25) is 0 Å². The number of alkyl halides is 3. The van der Waals surface area contributed by atoms with Gasteiger partial charge in [-0.3, -0.25) is 0 Å². The van der Waals surface area contributed by atoms with Crippen LogP contribution in [0.1, 0.15) is 5.56 Å². The van der Waals surface area contributed by atoms with Crippen LogP contribution in [0.4, 0.5) is 13.2 Å². The van der Waals surface area contributed by atoms with Gasteiger partial charge >= 0.3 is 6.36 Å². The molecule has 1 aromatic heterocycles. The summed E-state index contributed by atoms with van der Waals surface area (Å²) in [6.45, 7) is 0. The molecule has 14 heavy (non-hydrogen) atoms. The summed E-state index contributed by atoms with van der Waals surface area (Å²) >= 11 is 2.83. The first-order valence-electron chi connectivity index (χ1n) is 3.24. The van der Waals surface area contributed by atoms with E-state index in [4.69, 9.17) is 5.26 Å². The van der Waals surface area contributed by atoms with E-state index in [1.807, 2.05) is 0 Å². The van der Waals surface area contributed by atoms with Crippen molar-refractivity contribution >= 4 is 15.9 Å². The summed E-state index contributed by atoms with van der Waals surface area (Å²) in [5, 5.41) is 8.53. The van der Waals surface area contributed by atoms with Crippen molar-refractivity contribution in [3.8, 4) is 11.8 Å². The van der Waals surface area contributed by atoms with Gasteiger partial charge in [0.15, 0.2) is 5.75 Å². The monoisotopic (exact) mass is 266 g/mol. The van der Waals surface area contributed by atoms with Crippen molar-refractivity contribution in [3.63, 3.8) is 0 Å². The maximum atomic E-state index is 11.8. The molecule has 1 heterocycles. The standard InChI is InChI=1S/C7H2BrF3N2O/c8-6-4(3-12)5(1-2-13-6)14-7(9,10)11/h1-2H. The third-order valence-electron chi connectivity index (χ3n) is 1.20. The third kappa shape index (κ3) is 2.60. The molecule has 0 saturated carbocycles. The number of halogens is 4. The third-order valence-corrected chi connectivity index (χ3v) is 1.81. The zero-order valence-electron chi connectivity index (χ0n) is 6.47. The predicted octanol–water partition coefficient (Wildman–Crippen LogP) is 2.61. The van der Waals surface area contributed by atoms with E-state index in [1.54, 1.807) is 6.07 Å². The molecular formula is C7H2BrF3N2O. The van der Waals surface area contributed by atoms with Crippen LogP contribution in [0.25, 0.3) is 0 Å². The van der Waals surface area contributed by atoms with Crippen LogP contribution in [-0.4, -0.2) is 11.3 Å². The van der Waals surface area contributed by atoms with Gasteiger partial charge in [0.25, 0.3) is 0 Å². The summed E-state index contributed by atoms with van der Waals surface area (Å²) < 4.78 is 39.1. The maximum absolute atomic E-state index is 11.8. The van der Waals surface area contributed by atoms with E-state index >= 15 is 0 Å². The van der Waals surface area contributed by atoms with Gasteiger partial charge in [0.1, 0.15) is 16.2 Å². The molecule has 0 aliphatic rings. The Morgan fingerprint density at radius 2 is 2.14 bits per heavy atom. The molecule has 0 unspecified atom stereocenters. The van der Waals surface area contributed by atoms with Crippen LogP contribution < -0.4 is 4.74 Å². The van der Waals surface area contributed by atoms with Crippen LogP contribution >= 0.6 is 15.9 Å². The SMILES string of the molecule is N#Cc1c(OC(F)(F)F)ccnc1Br. The molecule has 74 valence electrons. The molecule has 7 heteroatoms. The molecule has 0 radical (unpaired) electrons. The predicted molar refractivity (Wildman–Crippen MR) is 43.3 cm³/mol. The number of nitrogens with zero attached hydrogens (tertiary/aromatic N) is 2.